The van der Waals surface area contributed by atoms with E-state index in [1.54, 1.807) is 20.3 Å². The highest BCUT2D eigenvalue weighted by molar-refractivity contribution is 5.42. The van der Waals surface area contributed by atoms with Gasteiger partial charge >= 0.3 is 5.88 Å². The zero-order chi connectivity index (χ0) is 16.8. The van der Waals surface area contributed by atoms with Gasteiger partial charge in [-0.15, -0.1) is 0 Å². The van der Waals surface area contributed by atoms with Gasteiger partial charge in [0, 0.05) is 6.54 Å². The molecule has 0 unspecified atom stereocenters. The minimum atomic E-state index is -0.535. The Kier molecular flexibility index (Phi) is 5.59. The first-order valence-corrected chi connectivity index (χ1v) is 7.16. The summed E-state index contributed by atoms with van der Waals surface area (Å²) < 4.78 is 15.7. The van der Waals surface area contributed by atoms with Gasteiger partial charge in [-0.25, -0.2) is 0 Å². The standard InChI is InChI=1S/C16H20N2O5/c1-17(11-13-5-7-16(23-13)18(19)20)9-8-12-4-6-14(21-2)15(10-12)22-3/h4-7,10H,8-9,11H2,1-3H3. The number of hydrogen-bond donors (Lipinski definition) is 0. The minimum Gasteiger partial charge on any atom is -0.493 e. The number of likely N-dealkylation sites (N-methyl/N-ethyl adjacent to an activating group) is 1. The van der Waals surface area contributed by atoms with Crippen LogP contribution in [-0.2, 0) is 13.0 Å². The van der Waals surface area contributed by atoms with Crippen molar-refractivity contribution in [1.29, 1.82) is 0 Å². The van der Waals surface area contributed by atoms with Gasteiger partial charge in [0.2, 0.25) is 0 Å². The van der Waals surface area contributed by atoms with E-state index < -0.39 is 4.92 Å². The number of ether oxygens (including phenoxy) is 2. The fraction of sp³-hybridized carbons (Fsp3) is 0.375. The summed E-state index contributed by atoms with van der Waals surface area (Å²) >= 11 is 0. The summed E-state index contributed by atoms with van der Waals surface area (Å²) in [5, 5.41) is 10.6. The first-order valence-electron chi connectivity index (χ1n) is 7.16. The van der Waals surface area contributed by atoms with E-state index in [1.165, 1.54) is 6.07 Å². The Balaban J connectivity index is 1.90. The van der Waals surface area contributed by atoms with Crippen molar-refractivity contribution in [3.8, 4) is 11.5 Å². The van der Waals surface area contributed by atoms with Crippen LogP contribution in [0.15, 0.2) is 34.7 Å². The molecular formula is C16H20N2O5. The molecule has 0 aliphatic rings. The lowest BCUT2D eigenvalue weighted by Gasteiger charge is -2.15. The highest BCUT2D eigenvalue weighted by Gasteiger charge is 2.13. The summed E-state index contributed by atoms with van der Waals surface area (Å²) in [6.45, 7) is 1.30. The molecule has 1 aromatic heterocycles. The van der Waals surface area contributed by atoms with Crippen molar-refractivity contribution < 1.29 is 18.8 Å². The molecule has 7 heteroatoms. The predicted octanol–water partition coefficient (Wildman–Crippen LogP) is 2.88. The Morgan fingerprint density at radius 3 is 2.52 bits per heavy atom. The third-order valence-corrected chi connectivity index (χ3v) is 3.48. The van der Waals surface area contributed by atoms with Gasteiger partial charge in [0.25, 0.3) is 0 Å². The first-order chi connectivity index (χ1) is 11.0. The molecule has 0 fully saturated rings. The summed E-state index contributed by atoms with van der Waals surface area (Å²) in [7, 11) is 5.15. The molecule has 0 saturated carbocycles. The third-order valence-electron chi connectivity index (χ3n) is 3.48. The first kappa shape index (κ1) is 16.8. The number of hydrogen-bond acceptors (Lipinski definition) is 6. The van der Waals surface area contributed by atoms with E-state index in [9.17, 15) is 10.1 Å². The second kappa shape index (κ2) is 7.64. The lowest BCUT2D eigenvalue weighted by Crippen LogP contribution is -2.20. The Morgan fingerprint density at radius 1 is 1.17 bits per heavy atom. The van der Waals surface area contributed by atoms with Gasteiger partial charge in [-0.05, 0) is 37.2 Å². The van der Waals surface area contributed by atoms with Crippen molar-refractivity contribution in [2.24, 2.45) is 0 Å². The molecule has 1 heterocycles. The minimum absolute atomic E-state index is 0.228. The Hall–Kier alpha value is -2.54. The average Bonchev–Trinajstić information content (AvgIpc) is 3.01. The van der Waals surface area contributed by atoms with Crippen LogP contribution in [0.1, 0.15) is 11.3 Å². The third kappa shape index (κ3) is 4.46. The van der Waals surface area contributed by atoms with Crippen LogP contribution in [0, 0.1) is 10.1 Å². The number of benzene rings is 1. The maximum Gasteiger partial charge on any atom is 0.433 e. The van der Waals surface area contributed by atoms with Crippen molar-refractivity contribution in [1.82, 2.24) is 4.90 Å². The monoisotopic (exact) mass is 320 g/mol. The molecule has 0 spiro atoms. The van der Waals surface area contributed by atoms with Crippen LogP contribution in [0.2, 0.25) is 0 Å². The van der Waals surface area contributed by atoms with Crippen LogP contribution in [0.3, 0.4) is 0 Å². The van der Waals surface area contributed by atoms with Crippen LogP contribution in [-0.4, -0.2) is 37.6 Å². The van der Waals surface area contributed by atoms with Crippen LogP contribution in [0.25, 0.3) is 0 Å². The smallest absolute Gasteiger partial charge is 0.433 e. The van der Waals surface area contributed by atoms with Crippen molar-refractivity contribution in [2.45, 2.75) is 13.0 Å². The van der Waals surface area contributed by atoms with Crippen LogP contribution >= 0.6 is 0 Å². The van der Waals surface area contributed by atoms with Gasteiger partial charge in [-0.2, -0.15) is 0 Å². The number of nitrogens with zero attached hydrogens (tertiary/aromatic N) is 2. The molecule has 0 aliphatic heterocycles. The second-order valence-corrected chi connectivity index (χ2v) is 5.17. The molecule has 0 atom stereocenters. The molecule has 2 rings (SSSR count). The van der Waals surface area contributed by atoms with Crippen molar-refractivity contribution in [3.05, 3.63) is 51.8 Å². The lowest BCUT2D eigenvalue weighted by atomic mass is 10.1. The molecule has 0 aliphatic carbocycles. The van der Waals surface area contributed by atoms with Gasteiger partial charge in [0.15, 0.2) is 11.5 Å². The molecule has 0 saturated heterocycles. The molecule has 23 heavy (non-hydrogen) atoms. The fourth-order valence-electron chi connectivity index (χ4n) is 2.25. The maximum absolute atomic E-state index is 10.6. The fourth-order valence-corrected chi connectivity index (χ4v) is 2.25. The topological polar surface area (TPSA) is 78.0 Å². The largest absolute Gasteiger partial charge is 0.493 e. The molecule has 0 N–H and O–H groups in total. The molecule has 124 valence electrons. The van der Waals surface area contributed by atoms with Gasteiger partial charge in [0.1, 0.15) is 10.7 Å². The zero-order valence-corrected chi connectivity index (χ0v) is 13.4. The van der Waals surface area contributed by atoms with E-state index in [-0.39, 0.29) is 5.88 Å². The molecule has 2 aromatic rings. The van der Waals surface area contributed by atoms with Crippen LogP contribution in [0.5, 0.6) is 11.5 Å². The number of nitro groups is 1. The predicted molar refractivity (Wildman–Crippen MR) is 84.9 cm³/mol. The number of rotatable bonds is 8. The molecule has 7 nitrogen and oxygen atoms in total. The Morgan fingerprint density at radius 2 is 1.91 bits per heavy atom. The Labute approximate surface area is 134 Å². The maximum atomic E-state index is 10.6. The molecule has 1 aromatic carbocycles. The average molecular weight is 320 g/mol. The van der Waals surface area contributed by atoms with Crippen molar-refractivity contribution in [3.63, 3.8) is 0 Å². The van der Waals surface area contributed by atoms with E-state index in [1.807, 2.05) is 30.1 Å². The van der Waals surface area contributed by atoms with Gasteiger partial charge < -0.3 is 13.9 Å². The Bertz CT molecular complexity index is 668. The summed E-state index contributed by atoms with van der Waals surface area (Å²) in [6, 6.07) is 8.82. The summed E-state index contributed by atoms with van der Waals surface area (Å²) in [5.41, 5.74) is 1.12. The highest BCUT2D eigenvalue weighted by atomic mass is 16.6. The van der Waals surface area contributed by atoms with E-state index in [4.69, 9.17) is 13.9 Å². The van der Waals surface area contributed by atoms with E-state index >= 15 is 0 Å². The van der Waals surface area contributed by atoms with E-state index in [0.717, 1.165) is 18.5 Å². The van der Waals surface area contributed by atoms with Crippen LogP contribution < -0.4 is 9.47 Å². The summed E-state index contributed by atoms with van der Waals surface area (Å²) in [5.74, 6) is 1.75. The number of methoxy groups -OCH3 is 2. The van der Waals surface area contributed by atoms with Crippen LogP contribution in [0.4, 0.5) is 5.88 Å². The zero-order valence-electron chi connectivity index (χ0n) is 13.4. The molecule has 0 amide bonds. The SMILES string of the molecule is COc1ccc(CCN(C)Cc2ccc([N+](=O)[O-])o2)cc1OC. The second-order valence-electron chi connectivity index (χ2n) is 5.17. The van der Waals surface area contributed by atoms with Crippen molar-refractivity contribution >= 4 is 5.88 Å². The summed E-state index contributed by atoms with van der Waals surface area (Å²) in [6.07, 6.45) is 0.819. The lowest BCUT2D eigenvalue weighted by molar-refractivity contribution is -0.402. The van der Waals surface area contributed by atoms with E-state index in [0.29, 0.717) is 23.8 Å². The molecule has 0 bridgehead atoms. The van der Waals surface area contributed by atoms with Gasteiger partial charge in [0.05, 0.1) is 26.8 Å². The number of furan rings is 1. The molecular weight excluding hydrogens is 300 g/mol. The van der Waals surface area contributed by atoms with Gasteiger partial charge in [-0.3, -0.25) is 15.0 Å². The molecule has 0 radical (unpaired) electrons. The van der Waals surface area contributed by atoms with Crippen molar-refractivity contribution in [2.75, 3.05) is 27.8 Å². The van der Waals surface area contributed by atoms with E-state index in [2.05, 4.69) is 0 Å². The van der Waals surface area contributed by atoms with Gasteiger partial charge in [-0.1, -0.05) is 6.07 Å². The normalized spacial score (nSPS) is 10.8. The quantitative estimate of drug-likeness (QED) is 0.550. The summed E-state index contributed by atoms with van der Waals surface area (Å²) in [4.78, 5) is 12.1. The highest BCUT2D eigenvalue weighted by Crippen LogP contribution is 2.27.